The molecule has 0 spiro atoms. The number of ether oxygens (including phenoxy) is 2. The highest BCUT2D eigenvalue weighted by atomic mass is 16.6. The zero-order chi connectivity index (χ0) is 19.2. The molecule has 0 saturated heterocycles. The Bertz CT molecular complexity index is 1040. The average Bonchev–Trinajstić information content (AvgIpc) is 3.41. The number of hydrogen-bond donors (Lipinski definition) is 0. The van der Waals surface area contributed by atoms with Gasteiger partial charge in [0.15, 0.2) is 6.61 Å². The molecule has 0 N–H and O–H groups in total. The maximum absolute atomic E-state index is 12.3. The van der Waals surface area contributed by atoms with Crippen LogP contribution in [0.5, 0.6) is 5.75 Å². The predicted octanol–water partition coefficient (Wildman–Crippen LogP) is 3.66. The van der Waals surface area contributed by atoms with Crippen LogP contribution in [0.4, 0.5) is 0 Å². The molecule has 3 heterocycles. The molecule has 0 saturated carbocycles. The van der Waals surface area contributed by atoms with Crippen LogP contribution in [-0.4, -0.2) is 21.1 Å². The zero-order valence-electron chi connectivity index (χ0n) is 14.6. The van der Waals surface area contributed by atoms with E-state index in [1.807, 2.05) is 30.3 Å². The summed E-state index contributed by atoms with van der Waals surface area (Å²) < 4.78 is 21.2. The molecule has 0 aliphatic rings. The summed E-state index contributed by atoms with van der Waals surface area (Å²) in [5.41, 5.74) is 1.28. The molecular formula is C20H15N3O5. The van der Waals surface area contributed by atoms with Crippen LogP contribution >= 0.6 is 0 Å². The highest BCUT2D eigenvalue weighted by Crippen LogP contribution is 2.18. The first-order valence-corrected chi connectivity index (χ1v) is 8.44. The van der Waals surface area contributed by atoms with E-state index >= 15 is 0 Å². The first-order valence-electron chi connectivity index (χ1n) is 8.44. The molecule has 8 heteroatoms. The van der Waals surface area contributed by atoms with Gasteiger partial charge >= 0.3 is 5.97 Å². The van der Waals surface area contributed by atoms with Crippen LogP contribution in [0.2, 0.25) is 0 Å². The van der Waals surface area contributed by atoms with Crippen molar-refractivity contribution < 1.29 is 23.2 Å². The molecule has 0 aliphatic heterocycles. The zero-order valence-corrected chi connectivity index (χ0v) is 14.6. The molecular weight excluding hydrogens is 362 g/mol. The van der Waals surface area contributed by atoms with Crippen molar-refractivity contribution in [3.63, 3.8) is 0 Å². The molecule has 0 fully saturated rings. The number of benzene rings is 1. The van der Waals surface area contributed by atoms with Gasteiger partial charge in [-0.3, -0.25) is 4.98 Å². The fraction of sp³-hybridized carbons (Fsp3) is 0.100. The third-order valence-electron chi connectivity index (χ3n) is 3.78. The quantitative estimate of drug-likeness (QED) is 0.450. The summed E-state index contributed by atoms with van der Waals surface area (Å²) in [6.07, 6.45) is 4.67. The summed E-state index contributed by atoms with van der Waals surface area (Å²) in [4.78, 5) is 20.5. The number of hydrogen-bond acceptors (Lipinski definition) is 8. The molecule has 0 aliphatic carbocycles. The number of carbonyl (C=O) groups is 1. The number of carbonyl (C=O) groups excluding carboxylic acids is 1. The van der Waals surface area contributed by atoms with Gasteiger partial charge in [0, 0.05) is 23.5 Å². The molecule has 4 aromatic rings. The summed E-state index contributed by atoms with van der Waals surface area (Å²) in [6, 6.07) is 14.5. The van der Waals surface area contributed by atoms with Crippen LogP contribution in [-0.2, 0) is 18.0 Å². The topological polar surface area (TPSA) is 100 Å². The van der Waals surface area contributed by atoms with Gasteiger partial charge in [0.2, 0.25) is 11.6 Å². The highest BCUT2D eigenvalue weighted by Gasteiger charge is 2.19. The van der Waals surface area contributed by atoms with E-state index in [-0.39, 0.29) is 24.9 Å². The lowest BCUT2D eigenvalue weighted by molar-refractivity contribution is 0.0390. The molecule has 28 heavy (non-hydrogen) atoms. The van der Waals surface area contributed by atoms with Gasteiger partial charge in [0.1, 0.15) is 12.4 Å². The van der Waals surface area contributed by atoms with Crippen LogP contribution in [0, 0.1) is 0 Å². The van der Waals surface area contributed by atoms with E-state index in [2.05, 4.69) is 15.1 Å². The molecule has 4 rings (SSSR count). The van der Waals surface area contributed by atoms with E-state index in [4.69, 9.17) is 18.4 Å². The minimum atomic E-state index is -0.641. The number of nitrogens with zero attached hydrogens (tertiary/aromatic N) is 3. The van der Waals surface area contributed by atoms with Crippen molar-refractivity contribution in [1.82, 2.24) is 15.1 Å². The second-order valence-corrected chi connectivity index (χ2v) is 5.71. The van der Waals surface area contributed by atoms with Crippen LogP contribution in [0.3, 0.4) is 0 Å². The van der Waals surface area contributed by atoms with Gasteiger partial charge in [-0.2, -0.15) is 4.98 Å². The molecule has 0 bridgehead atoms. The number of furan rings is 1. The van der Waals surface area contributed by atoms with Gasteiger partial charge in [-0.25, -0.2) is 4.79 Å². The van der Waals surface area contributed by atoms with Crippen LogP contribution < -0.4 is 4.74 Å². The number of aromatic nitrogens is 3. The van der Waals surface area contributed by atoms with E-state index in [0.29, 0.717) is 22.7 Å². The molecule has 0 atom stereocenters. The number of para-hydroxylation sites is 1. The van der Waals surface area contributed by atoms with Crippen molar-refractivity contribution in [2.75, 3.05) is 0 Å². The van der Waals surface area contributed by atoms with Crippen LogP contribution in [0.25, 0.3) is 11.4 Å². The van der Waals surface area contributed by atoms with Crippen molar-refractivity contribution in [2.24, 2.45) is 0 Å². The third kappa shape index (κ3) is 4.07. The van der Waals surface area contributed by atoms with E-state index in [9.17, 15) is 4.79 Å². The molecule has 3 aromatic heterocycles. The Labute approximate surface area is 159 Å². The van der Waals surface area contributed by atoms with E-state index in [0.717, 1.165) is 0 Å². The van der Waals surface area contributed by atoms with Crippen molar-refractivity contribution in [2.45, 2.75) is 13.2 Å². The Balaban J connectivity index is 1.36. The van der Waals surface area contributed by atoms with Gasteiger partial charge in [-0.05, 0) is 30.3 Å². The fourth-order valence-electron chi connectivity index (χ4n) is 2.42. The second kappa shape index (κ2) is 8.17. The summed E-state index contributed by atoms with van der Waals surface area (Å²) in [6.45, 7) is 0.00242. The van der Waals surface area contributed by atoms with Crippen molar-refractivity contribution in [3.05, 3.63) is 84.4 Å². The molecule has 0 unspecified atom stereocenters. The van der Waals surface area contributed by atoms with E-state index in [1.165, 1.54) is 6.26 Å². The van der Waals surface area contributed by atoms with E-state index in [1.54, 1.807) is 30.6 Å². The molecule has 0 amide bonds. The van der Waals surface area contributed by atoms with Crippen molar-refractivity contribution in [1.29, 1.82) is 0 Å². The smallest absolute Gasteiger partial charge is 0.375 e. The molecule has 140 valence electrons. The average molecular weight is 377 g/mol. The summed E-state index contributed by atoms with van der Waals surface area (Å²) in [7, 11) is 0. The predicted molar refractivity (Wildman–Crippen MR) is 96.1 cm³/mol. The number of pyridine rings is 1. The molecule has 8 nitrogen and oxygen atoms in total. The Morgan fingerprint density at radius 2 is 1.93 bits per heavy atom. The highest BCUT2D eigenvalue weighted by molar-refractivity contribution is 5.87. The lowest BCUT2D eigenvalue weighted by Gasteiger charge is -2.06. The van der Waals surface area contributed by atoms with Gasteiger partial charge in [0.05, 0.1) is 6.26 Å². The SMILES string of the molecule is O=C(OCc1nc(-c2cccnc2)no1)c1occc1COc1ccccc1. The Hall–Kier alpha value is -3.94. The summed E-state index contributed by atoms with van der Waals surface area (Å²) in [5.74, 6) is 0.660. The molecule has 1 aromatic carbocycles. The normalized spacial score (nSPS) is 10.6. The molecule has 0 radical (unpaired) electrons. The standard InChI is InChI=1S/C20H15N3O5/c24-20(18-15(8-10-25-18)12-26-16-6-2-1-3-7-16)27-13-17-22-19(23-28-17)14-5-4-9-21-11-14/h1-11H,12-13H2. The fourth-order valence-corrected chi connectivity index (χ4v) is 2.42. The Kier molecular flexibility index (Phi) is 5.10. The van der Waals surface area contributed by atoms with Gasteiger partial charge in [0.25, 0.3) is 5.89 Å². The first-order chi connectivity index (χ1) is 13.8. The monoisotopic (exact) mass is 377 g/mol. The maximum atomic E-state index is 12.3. The number of esters is 1. The van der Waals surface area contributed by atoms with Crippen LogP contribution in [0.15, 0.2) is 76.1 Å². The maximum Gasteiger partial charge on any atom is 0.375 e. The second-order valence-electron chi connectivity index (χ2n) is 5.71. The van der Waals surface area contributed by atoms with Gasteiger partial charge < -0.3 is 18.4 Å². The first kappa shape index (κ1) is 17.5. The van der Waals surface area contributed by atoms with Crippen molar-refractivity contribution in [3.8, 4) is 17.1 Å². The number of rotatable bonds is 7. The Morgan fingerprint density at radius 3 is 2.75 bits per heavy atom. The van der Waals surface area contributed by atoms with Gasteiger partial charge in [-0.1, -0.05) is 23.4 Å². The minimum Gasteiger partial charge on any atom is -0.489 e. The minimum absolute atomic E-state index is 0.0722. The van der Waals surface area contributed by atoms with Crippen molar-refractivity contribution >= 4 is 5.97 Å². The summed E-state index contributed by atoms with van der Waals surface area (Å²) >= 11 is 0. The lowest BCUT2D eigenvalue weighted by Crippen LogP contribution is -2.08. The summed E-state index contributed by atoms with van der Waals surface area (Å²) in [5, 5.41) is 3.85. The lowest BCUT2D eigenvalue weighted by atomic mass is 10.2. The van der Waals surface area contributed by atoms with E-state index < -0.39 is 5.97 Å². The van der Waals surface area contributed by atoms with Gasteiger partial charge in [-0.15, -0.1) is 0 Å². The third-order valence-corrected chi connectivity index (χ3v) is 3.78. The van der Waals surface area contributed by atoms with Crippen LogP contribution in [0.1, 0.15) is 22.0 Å². The largest absolute Gasteiger partial charge is 0.489 e. The Morgan fingerprint density at radius 1 is 1.04 bits per heavy atom.